The summed E-state index contributed by atoms with van der Waals surface area (Å²) in [5.74, 6) is 0. The number of aromatic nitrogens is 1. The van der Waals surface area contributed by atoms with Gasteiger partial charge in [0.25, 0.3) is 0 Å². The number of aryl methyl sites for hydroxylation is 2. The van der Waals surface area contributed by atoms with E-state index >= 15 is 0 Å². The molecule has 3 aromatic rings. The Hall–Kier alpha value is -2.50. The molecule has 3 rings (SSSR count). The number of nitrogens with zero attached hydrogens (tertiary/aromatic N) is 3. The molecule has 5 heteroatoms. The Morgan fingerprint density at radius 2 is 1.89 bits per heavy atom. The molecule has 0 atom stereocenters. The molecule has 0 radical (unpaired) electrons. The molecule has 0 aliphatic heterocycles. The Morgan fingerprint density at radius 1 is 1.14 bits per heavy atom. The van der Waals surface area contributed by atoms with E-state index in [2.05, 4.69) is 48.2 Å². The van der Waals surface area contributed by atoms with Crippen molar-refractivity contribution in [2.24, 2.45) is 4.99 Å². The fourth-order valence-corrected chi connectivity index (χ4v) is 3.73. The third kappa shape index (κ3) is 4.86. The number of benzene rings is 2. The van der Waals surface area contributed by atoms with Gasteiger partial charge in [-0.3, -0.25) is 0 Å². The predicted molar refractivity (Wildman–Crippen MR) is 119 cm³/mol. The molecule has 0 fully saturated rings. The quantitative estimate of drug-likeness (QED) is 0.448. The lowest BCUT2D eigenvalue weighted by molar-refractivity contribution is 0.282. The van der Waals surface area contributed by atoms with Crippen LogP contribution < -0.4 is 0 Å². The summed E-state index contributed by atoms with van der Waals surface area (Å²) in [6.45, 7) is 7.36. The van der Waals surface area contributed by atoms with Crippen molar-refractivity contribution in [2.75, 3.05) is 13.6 Å². The first-order chi connectivity index (χ1) is 13.5. The van der Waals surface area contributed by atoms with Crippen LogP contribution >= 0.6 is 11.3 Å². The molecule has 1 heterocycles. The van der Waals surface area contributed by atoms with Gasteiger partial charge in [-0.1, -0.05) is 30.3 Å². The monoisotopic (exact) mass is 393 g/mol. The van der Waals surface area contributed by atoms with Gasteiger partial charge >= 0.3 is 0 Å². The van der Waals surface area contributed by atoms with E-state index in [1.165, 1.54) is 16.7 Å². The Labute approximate surface area is 171 Å². The standard InChI is InChI=1S/C23H27N3OS/c1-5-26(4)15-24-21-11-16(2)20(10-17(21)3)12-23-25-22(14-28-23)19-8-6-18(13-27)7-9-19/h6-11,14-15,27H,5,12-13H2,1-4H3/b24-15+. The molecule has 2 aromatic carbocycles. The first-order valence-corrected chi connectivity index (χ1v) is 10.4. The third-order valence-electron chi connectivity index (χ3n) is 4.87. The van der Waals surface area contributed by atoms with Crippen molar-refractivity contribution in [3.63, 3.8) is 0 Å². The van der Waals surface area contributed by atoms with Crippen molar-refractivity contribution in [2.45, 2.75) is 33.8 Å². The molecular weight excluding hydrogens is 366 g/mol. The van der Waals surface area contributed by atoms with Gasteiger partial charge in [0, 0.05) is 31.0 Å². The average molecular weight is 394 g/mol. The van der Waals surface area contributed by atoms with Crippen LogP contribution in [0.5, 0.6) is 0 Å². The first-order valence-electron chi connectivity index (χ1n) is 9.49. The number of rotatable bonds is 7. The zero-order valence-electron chi connectivity index (χ0n) is 16.9. The van der Waals surface area contributed by atoms with E-state index in [1.54, 1.807) is 11.3 Å². The number of aliphatic imine (C=N–C) groups is 1. The Kier molecular flexibility index (Phi) is 6.60. The highest BCUT2D eigenvalue weighted by Gasteiger charge is 2.09. The fraction of sp³-hybridized carbons (Fsp3) is 0.304. The number of aliphatic hydroxyl groups is 1. The fourth-order valence-electron chi connectivity index (χ4n) is 2.90. The van der Waals surface area contributed by atoms with Gasteiger partial charge in [0.1, 0.15) is 0 Å². The highest BCUT2D eigenvalue weighted by atomic mass is 32.1. The van der Waals surface area contributed by atoms with E-state index in [0.29, 0.717) is 0 Å². The number of aliphatic hydroxyl groups excluding tert-OH is 1. The Balaban J connectivity index is 1.77. The van der Waals surface area contributed by atoms with E-state index < -0.39 is 0 Å². The van der Waals surface area contributed by atoms with Crippen LogP contribution in [-0.2, 0) is 13.0 Å². The van der Waals surface area contributed by atoms with Gasteiger partial charge in [-0.05, 0) is 49.1 Å². The van der Waals surface area contributed by atoms with Crippen molar-refractivity contribution < 1.29 is 5.11 Å². The van der Waals surface area contributed by atoms with Crippen molar-refractivity contribution in [3.8, 4) is 11.3 Å². The maximum absolute atomic E-state index is 9.18. The third-order valence-corrected chi connectivity index (χ3v) is 5.72. The molecule has 4 nitrogen and oxygen atoms in total. The molecule has 0 aliphatic rings. The molecule has 146 valence electrons. The van der Waals surface area contributed by atoms with Crippen LogP contribution in [0.1, 0.15) is 34.2 Å². The van der Waals surface area contributed by atoms with Gasteiger partial charge in [-0.25, -0.2) is 9.98 Å². The van der Waals surface area contributed by atoms with Crippen LogP contribution in [0.4, 0.5) is 5.69 Å². The molecular formula is C23H27N3OS. The van der Waals surface area contributed by atoms with Crippen LogP contribution in [0.15, 0.2) is 46.8 Å². The second-order valence-corrected chi connectivity index (χ2v) is 7.98. The van der Waals surface area contributed by atoms with Gasteiger partial charge in [0.05, 0.1) is 29.3 Å². The number of thiazole rings is 1. The number of hydrogen-bond acceptors (Lipinski definition) is 4. The summed E-state index contributed by atoms with van der Waals surface area (Å²) in [4.78, 5) is 11.5. The molecule has 0 spiro atoms. The molecule has 0 saturated carbocycles. The summed E-state index contributed by atoms with van der Waals surface area (Å²) in [6, 6.07) is 12.3. The highest BCUT2D eigenvalue weighted by molar-refractivity contribution is 7.10. The first kappa shape index (κ1) is 20.2. The van der Waals surface area contributed by atoms with Crippen molar-refractivity contribution in [1.82, 2.24) is 9.88 Å². The van der Waals surface area contributed by atoms with E-state index in [9.17, 15) is 5.11 Å². The summed E-state index contributed by atoms with van der Waals surface area (Å²) in [5, 5.41) is 12.4. The normalized spacial score (nSPS) is 11.3. The predicted octanol–water partition coefficient (Wildman–Crippen LogP) is 5.12. The van der Waals surface area contributed by atoms with Gasteiger partial charge < -0.3 is 10.0 Å². The second-order valence-electron chi connectivity index (χ2n) is 7.04. The van der Waals surface area contributed by atoms with Gasteiger partial charge in [-0.2, -0.15) is 0 Å². The van der Waals surface area contributed by atoms with Crippen molar-refractivity contribution in [3.05, 3.63) is 69.0 Å². The molecule has 0 unspecified atom stereocenters. The zero-order valence-corrected chi connectivity index (χ0v) is 17.8. The van der Waals surface area contributed by atoms with Crippen molar-refractivity contribution >= 4 is 23.4 Å². The van der Waals surface area contributed by atoms with Crippen LogP contribution in [0.25, 0.3) is 11.3 Å². The van der Waals surface area contributed by atoms with Gasteiger partial charge in [0.15, 0.2) is 0 Å². The lowest BCUT2D eigenvalue weighted by atomic mass is 10.0. The maximum Gasteiger partial charge on any atom is 0.0976 e. The van der Waals surface area contributed by atoms with E-state index in [0.717, 1.165) is 40.5 Å². The molecule has 0 saturated heterocycles. The minimum absolute atomic E-state index is 0.0655. The maximum atomic E-state index is 9.18. The van der Waals surface area contributed by atoms with Crippen LogP contribution in [-0.4, -0.2) is 34.9 Å². The van der Waals surface area contributed by atoms with Crippen LogP contribution in [0.2, 0.25) is 0 Å². The zero-order chi connectivity index (χ0) is 20.1. The van der Waals surface area contributed by atoms with Gasteiger partial charge in [-0.15, -0.1) is 11.3 Å². The minimum Gasteiger partial charge on any atom is -0.392 e. The molecule has 28 heavy (non-hydrogen) atoms. The minimum atomic E-state index is 0.0655. The molecule has 1 N–H and O–H groups in total. The molecule has 0 bridgehead atoms. The Bertz CT molecular complexity index is 960. The molecule has 0 amide bonds. The SMILES string of the molecule is CCN(C)/C=N/c1cc(C)c(Cc2nc(-c3ccc(CO)cc3)cs2)cc1C. The average Bonchev–Trinajstić information content (AvgIpc) is 3.17. The largest absolute Gasteiger partial charge is 0.392 e. The summed E-state index contributed by atoms with van der Waals surface area (Å²) in [5.41, 5.74) is 7.71. The summed E-state index contributed by atoms with van der Waals surface area (Å²) < 4.78 is 0. The van der Waals surface area contributed by atoms with E-state index in [4.69, 9.17) is 4.98 Å². The summed E-state index contributed by atoms with van der Waals surface area (Å²) in [7, 11) is 2.03. The second kappa shape index (κ2) is 9.13. The van der Waals surface area contributed by atoms with E-state index in [1.807, 2.05) is 37.7 Å². The molecule has 0 aliphatic carbocycles. The highest BCUT2D eigenvalue weighted by Crippen LogP contribution is 2.28. The van der Waals surface area contributed by atoms with E-state index in [-0.39, 0.29) is 6.61 Å². The lowest BCUT2D eigenvalue weighted by Crippen LogP contribution is -2.14. The Morgan fingerprint density at radius 3 is 2.57 bits per heavy atom. The van der Waals surface area contributed by atoms with Gasteiger partial charge in [0.2, 0.25) is 0 Å². The van der Waals surface area contributed by atoms with Crippen molar-refractivity contribution in [1.29, 1.82) is 0 Å². The summed E-state index contributed by atoms with van der Waals surface area (Å²) in [6.07, 6.45) is 2.71. The summed E-state index contributed by atoms with van der Waals surface area (Å²) >= 11 is 1.69. The topological polar surface area (TPSA) is 48.7 Å². The smallest absolute Gasteiger partial charge is 0.0976 e. The lowest BCUT2D eigenvalue weighted by Gasteiger charge is -2.11. The number of hydrogen-bond donors (Lipinski definition) is 1. The van der Waals surface area contributed by atoms with Crippen LogP contribution in [0, 0.1) is 13.8 Å². The molecule has 1 aromatic heterocycles. The van der Waals surface area contributed by atoms with Crippen LogP contribution in [0.3, 0.4) is 0 Å².